The second-order valence-electron chi connectivity index (χ2n) is 19.0. The maximum Gasteiger partial charge on any atom is 0.220 e. The van der Waals surface area contributed by atoms with Gasteiger partial charge in [0.25, 0.3) is 0 Å². The third-order valence-corrected chi connectivity index (χ3v) is 12.6. The minimum Gasteiger partial charge on any atom is -0.394 e. The predicted molar refractivity (Wildman–Crippen MR) is 248 cm³/mol. The molecule has 11 heteroatoms. The van der Waals surface area contributed by atoms with E-state index in [1.807, 2.05) is 0 Å². The highest BCUT2D eigenvalue weighted by Crippen LogP contribution is 2.24. The number of rotatable bonds is 42. The fourth-order valence-corrected chi connectivity index (χ4v) is 8.62. The van der Waals surface area contributed by atoms with Gasteiger partial charge in [-0.25, -0.2) is 0 Å². The minimum atomic E-state index is -1.49. The molecule has 0 aromatic carbocycles. The summed E-state index contributed by atoms with van der Waals surface area (Å²) in [5, 5.41) is 58.6. The van der Waals surface area contributed by atoms with E-state index in [9.17, 15) is 35.1 Å². The molecule has 1 rings (SSSR count). The van der Waals surface area contributed by atoms with Gasteiger partial charge in [-0.3, -0.25) is 9.59 Å². The summed E-state index contributed by atoms with van der Waals surface area (Å²) < 4.78 is 11.6. The highest BCUT2D eigenvalue weighted by Gasteiger charge is 2.46. The van der Waals surface area contributed by atoms with Crippen molar-refractivity contribution >= 4 is 11.8 Å². The van der Waals surface area contributed by atoms with Crippen molar-refractivity contribution < 1.29 is 44.6 Å². The molecule has 7 N–H and O–H groups in total. The van der Waals surface area contributed by atoms with Crippen molar-refractivity contribution in [3.05, 3.63) is 0 Å². The van der Waals surface area contributed by atoms with E-state index < -0.39 is 61.4 Å². The van der Waals surface area contributed by atoms with Crippen molar-refractivity contribution in [3.8, 4) is 0 Å². The van der Waals surface area contributed by atoms with Crippen LogP contribution < -0.4 is 10.6 Å². The Kier molecular flexibility index (Phi) is 36.9. The average Bonchev–Trinajstić information content (AvgIpc) is 3.23. The Balaban J connectivity index is 2.45. The van der Waals surface area contributed by atoms with Crippen molar-refractivity contribution in [1.82, 2.24) is 10.6 Å². The molecule has 0 bridgehead atoms. The number of unbranched alkanes of at least 4 members (excludes halogenated alkanes) is 28. The molecule has 0 aromatic heterocycles. The molecule has 362 valence electrons. The predicted octanol–water partition coefficient (Wildman–Crippen LogP) is 9.70. The lowest BCUT2D eigenvalue weighted by molar-refractivity contribution is -0.272. The van der Waals surface area contributed by atoms with Gasteiger partial charge in [0, 0.05) is 13.3 Å². The van der Waals surface area contributed by atoms with Crippen LogP contribution >= 0.6 is 0 Å². The second kappa shape index (κ2) is 39.1. The van der Waals surface area contributed by atoms with Crippen LogP contribution in [0, 0.1) is 5.92 Å². The molecule has 0 aliphatic carbocycles. The number of ether oxygens (including phenoxy) is 2. The lowest BCUT2D eigenvalue weighted by Crippen LogP contribution is -2.65. The van der Waals surface area contributed by atoms with Crippen LogP contribution in [0.15, 0.2) is 0 Å². The van der Waals surface area contributed by atoms with Crippen LogP contribution in [0.1, 0.15) is 240 Å². The molecular formula is C50H98N2O9. The fourth-order valence-electron chi connectivity index (χ4n) is 8.62. The highest BCUT2D eigenvalue weighted by molar-refractivity contribution is 5.76. The second-order valence-corrected chi connectivity index (χ2v) is 19.0. The minimum absolute atomic E-state index is 0.256. The van der Waals surface area contributed by atoms with Crippen LogP contribution in [0.4, 0.5) is 0 Å². The summed E-state index contributed by atoms with van der Waals surface area (Å²) in [4.78, 5) is 25.1. The van der Waals surface area contributed by atoms with Crippen LogP contribution in [0.3, 0.4) is 0 Å². The molecule has 0 aromatic rings. The van der Waals surface area contributed by atoms with Crippen molar-refractivity contribution in [3.63, 3.8) is 0 Å². The molecule has 0 spiro atoms. The molecule has 2 amide bonds. The number of hydrogen-bond donors (Lipinski definition) is 7. The largest absolute Gasteiger partial charge is 0.394 e. The summed E-state index contributed by atoms with van der Waals surface area (Å²) in [6.45, 7) is 7.21. The summed E-state index contributed by atoms with van der Waals surface area (Å²) in [5.41, 5.74) is 0. The normalized spacial score (nSPS) is 20.8. The van der Waals surface area contributed by atoms with Crippen LogP contribution in [-0.2, 0) is 19.1 Å². The first-order chi connectivity index (χ1) is 29.5. The molecule has 0 unspecified atom stereocenters. The van der Waals surface area contributed by atoms with Crippen molar-refractivity contribution in [2.45, 2.75) is 288 Å². The lowest BCUT2D eigenvalue weighted by atomic mass is 9.96. The zero-order valence-electron chi connectivity index (χ0n) is 39.8. The Hall–Kier alpha value is -1.34. The van der Waals surface area contributed by atoms with Gasteiger partial charge in [0.2, 0.25) is 11.8 Å². The summed E-state index contributed by atoms with van der Waals surface area (Å²) >= 11 is 0. The molecule has 0 saturated carbocycles. The highest BCUT2D eigenvalue weighted by atomic mass is 16.7. The maximum atomic E-state index is 13.2. The number of carbonyl (C=O) groups is 2. The molecule has 1 aliphatic heterocycles. The van der Waals surface area contributed by atoms with E-state index >= 15 is 0 Å². The van der Waals surface area contributed by atoms with Gasteiger partial charge in [-0.2, -0.15) is 0 Å². The van der Waals surface area contributed by atoms with Gasteiger partial charge < -0.3 is 45.6 Å². The van der Waals surface area contributed by atoms with E-state index in [0.717, 1.165) is 50.9 Å². The first-order valence-corrected chi connectivity index (χ1v) is 25.7. The monoisotopic (exact) mass is 871 g/mol. The Morgan fingerprint density at radius 3 is 1.43 bits per heavy atom. The molecule has 11 nitrogen and oxygen atoms in total. The molecular weight excluding hydrogens is 773 g/mol. The Labute approximate surface area is 373 Å². The third kappa shape index (κ3) is 30.4. The van der Waals surface area contributed by atoms with E-state index in [0.29, 0.717) is 12.8 Å². The number of aliphatic hydroxyl groups excluding tert-OH is 5. The molecule has 61 heavy (non-hydrogen) atoms. The molecule has 8 atom stereocenters. The van der Waals surface area contributed by atoms with Gasteiger partial charge in [0.05, 0.1) is 25.4 Å². The lowest BCUT2D eigenvalue weighted by Gasteiger charge is -2.42. The van der Waals surface area contributed by atoms with Gasteiger partial charge in [-0.05, 0) is 18.8 Å². The van der Waals surface area contributed by atoms with Gasteiger partial charge in [-0.15, -0.1) is 0 Å². The van der Waals surface area contributed by atoms with E-state index in [4.69, 9.17) is 9.47 Å². The number of nitrogens with one attached hydrogen (secondary N) is 2. The molecule has 0 radical (unpaired) electrons. The Bertz CT molecular complexity index is 1020. The topological polar surface area (TPSA) is 178 Å². The van der Waals surface area contributed by atoms with Crippen molar-refractivity contribution in [1.29, 1.82) is 0 Å². The van der Waals surface area contributed by atoms with Gasteiger partial charge in [0.15, 0.2) is 6.29 Å². The number of amides is 2. The van der Waals surface area contributed by atoms with E-state index in [1.54, 1.807) is 0 Å². The SMILES string of the molecule is CCCCCCCCCCCCCCCCCCCCCCC(=O)N[C@@H](CO[C@@H]1O[C@H](CO)[C@@H](O)[C@H](O)[C@H]1NC(C)=O)[C@H](O)[C@H](O)CCCCCCCCCCCCC(C)C. The van der Waals surface area contributed by atoms with Crippen LogP contribution in [0.25, 0.3) is 0 Å². The Morgan fingerprint density at radius 2 is 1.02 bits per heavy atom. The average molecular weight is 871 g/mol. The Morgan fingerprint density at radius 1 is 0.607 bits per heavy atom. The van der Waals surface area contributed by atoms with E-state index in [2.05, 4.69) is 31.4 Å². The van der Waals surface area contributed by atoms with Crippen LogP contribution in [0.5, 0.6) is 0 Å². The zero-order chi connectivity index (χ0) is 44.9. The summed E-state index contributed by atoms with van der Waals surface area (Å²) in [6.07, 6.45) is 31.4. The molecule has 1 aliphatic rings. The van der Waals surface area contributed by atoms with Crippen LogP contribution in [0.2, 0.25) is 0 Å². The smallest absolute Gasteiger partial charge is 0.220 e. The van der Waals surface area contributed by atoms with Crippen LogP contribution in [-0.4, -0.2) is 99.5 Å². The first kappa shape index (κ1) is 57.7. The molecule has 1 saturated heterocycles. The number of aliphatic hydroxyl groups is 5. The first-order valence-electron chi connectivity index (χ1n) is 25.7. The third-order valence-electron chi connectivity index (χ3n) is 12.6. The van der Waals surface area contributed by atoms with Crippen molar-refractivity contribution in [2.24, 2.45) is 5.92 Å². The van der Waals surface area contributed by atoms with Gasteiger partial charge in [-0.1, -0.05) is 213 Å². The summed E-state index contributed by atoms with van der Waals surface area (Å²) in [5.74, 6) is 0.0454. The number of carbonyl (C=O) groups excluding carboxylic acids is 2. The number of hydrogen-bond acceptors (Lipinski definition) is 9. The van der Waals surface area contributed by atoms with E-state index in [1.165, 1.54) is 155 Å². The zero-order valence-corrected chi connectivity index (χ0v) is 39.8. The fraction of sp³-hybridized carbons (Fsp3) is 0.960. The maximum absolute atomic E-state index is 13.2. The van der Waals surface area contributed by atoms with E-state index in [-0.39, 0.29) is 18.9 Å². The summed E-state index contributed by atoms with van der Waals surface area (Å²) in [7, 11) is 0. The summed E-state index contributed by atoms with van der Waals surface area (Å²) in [6, 6.07) is -2.15. The molecule has 1 heterocycles. The molecule has 1 fully saturated rings. The van der Waals surface area contributed by atoms with Gasteiger partial charge >= 0.3 is 0 Å². The van der Waals surface area contributed by atoms with Gasteiger partial charge in [0.1, 0.15) is 30.5 Å². The van der Waals surface area contributed by atoms with Crippen molar-refractivity contribution in [2.75, 3.05) is 13.2 Å². The quantitative estimate of drug-likeness (QED) is 0.0294. The standard InChI is InChI=1S/C50H98N2O9/c1-5-6-7-8-9-10-11-12-13-14-15-16-17-18-19-20-25-28-31-34-37-45(56)52-42(39-60-50-46(51-41(4)54)49(59)48(58)44(38-53)61-50)47(57)43(55)36-33-30-27-24-22-21-23-26-29-32-35-40(2)3/h40,42-44,46-50,53,55,57-59H,5-39H2,1-4H3,(H,51,54)(H,52,56)/t42-,43+,44+,46+,47-,48+,49+,50+/m0/s1.